The van der Waals surface area contributed by atoms with Gasteiger partial charge in [0.2, 0.25) is 0 Å². The minimum atomic E-state index is -0.297. The Kier molecular flexibility index (Phi) is 4.59. The summed E-state index contributed by atoms with van der Waals surface area (Å²) >= 11 is 0. The van der Waals surface area contributed by atoms with Crippen molar-refractivity contribution in [2.24, 2.45) is 5.92 Å². The Morgan fingerprint density at radius 1 is 0.920 bits per heavy atom. The fourth-order valence-electron chi connectivity index (χ4n) is 3.17. The first kappa shape index (κ1) is 17.2. The normalized spacial score (nSPS) is 22.8. The van der Waals surface area contributed by atoms with Gasteiger partial charge in [0, 0.05) is 5.92 Å². The Morgan fingerprint density at radius 3 is 2.00 bits per heavy atom. The van der Waals surface area contributed by atoms with Crippen molar-refractivity contribution in [1.29, 1.82) is 0 Å². The number of hydrogen-bond acceptors (Lipinski definition) is 5. The molecule has 5 heteroatoms. The minimum absolute atomic E-state index is 0.0825. The molecule has 2 aromatic carbocycles. The molecule has 1 fully saturated rings. The van der Waals surface area contributed by atoms with Crippen LogP contribution in [0, 0.1) is 5.92 Å². The lowest BCUT2D eigenvalue weighted by Crippen LogP contribution is -2.04. The molecule has 1 saturated heterocycles. The molecule has 3 atom stereocenters. The van der Waals surface area contributed by atoms with Gasteiger partial charge in [0.15, 0.2) is 23.0 Å². The topological polar surface area (TPSA) is 68.2 Å². The predicted molar refractivity (Wildman–Crippen MR) is 94.2 cm³/mol. The Bertz CT molecular complexity index is 799. The van der Waals surface area contributed by atoms with Crippen molar-refractivity contribution in [2.75, 3.05) is 14.2 Å². The first-order valence-electron chi connectivity index (χ1n) is 8.04. The van der Waals surface area contributed by atoms with Crippen molar-refractivity contribution in [3.63, 3.8) is 0 Å². The predicted octanol–water partition coefficient (Wildman–Crippen LogP) is 4.12. The molecule has 2 aromatic rings. The zero-order valence-corrected chi connectivity index (χ0v) is 14.5. The number of phenolic OH excluding ortho intramolecular Hbond substituents is 2. The highest BCUT2D eigenvalue weighted by molar-refractivity contribution is 5.46. The summed E-state index contributed by atoms with van der Waals surface area (Å²) in [5.74, 6) is 1.07. The van der Waals surface area contributed by atoms with Crippen LogP contribution in [0.2, 0.25) is 0 Å². The molecule has 0 unspecified atom stereocenters. The van der Waals surface area contributed by atoms with Crippen LogP contribution in [0.4, 0.5) is 0 Å². The van der Waals surface area contributed by atoms with E-state index in [1.54, 1.807) is 30.3 Å². The van der Waals surface area contributed by atoms with E-state index in [1.807, 2.05) is 6.07 Å². The molecule has 0 aromatic heterocycles. The van der Waals surface area contributed by atoms with Crippen molar-refractivity contribution in [1.82, 2.24) is 0 Å². The second-order valence-electron chi connectivity index (χ2n) is 6.16. The van der Waals surface area contributed by atoms with E-state index in [0.29, 0.717) is 11.5 Å². The summed E-state index contributed by atoms with van der Waals surface area (Å²) in [6.07, 6.45) is -0.499. The van der Waals surface area contributed by atoms with Gasteiger partial charge in [-0.2, -0.15) is 0 Å². The van der Waals surface area contributed by atoms with Gasteiger partial charge in [-0.05, 0) is 41.0 Å². The third-order valence-electron chi connectivity index (χ3n) is 4.70. The van der Waals surface area contributed by atoms with E-state index in [-0.39, 0.29) is 29.6 Å². The molecule has 1 aliphatic heterocycles. The molecule has 1 aliphatic rings. The fraction of sp³-hybridized carbons (Fsp3) is 0.300. The van der Waals surface area contributed by atoms with E-state index in [1.165, 1.54) is 14.2 Å². The summed E-state index contributed by atoms with van der Waals surface area (Å²) in [5.41, 5.74) is 2.74. The highest BCUT2D eigenvalue weighted by atomic mass is 16.5. The van der Waals surface area contributed by atoms with Crippen LogP contribution in [0.5, 0.6) is 23.0 Å². The molecule has 0 aliphatic carbocycles. The molecule has 5 nitrogen and oxygen atoms in total. The molecule has 2 N–H and O–H groups in total. The van der Waals surface area contributed by atoms with Crippen molar-refractivity contribution in [3.05, 3.63) is 59.7 Å². The van der Waals surface area contributed by atoms with Crippen LogP contribution in [-0.4, -0.2) is 24.4 Å². The van der Waals surface area contributed by atoms with Crippen LogP contribution in [-0.2, 0) is 4.74 Å². The molecule has 0 spiro atoms. The molecule has 0 bridgehead atoms. The molecule has 3 rings (SSSR count). The van der Waals surface area contributed by atoms with Gasteiger partial charge in [-0.15, -0.1) is 0 Å². The number of rotatable bonds is 4. The number of phenols is 2. The van der Waals surface area contributed by atoms with Gasteiger partial charge >= 0.3 is 0 Å². The molecule has 0 saturated carbocycles. The van der Waals surface area contributed by atoms with E-state index >= 15 is 0 Å². The summed E-state index contributed by atoms with van der Waals surface area (Å²) in [6.45, 7) is 6.26. The van der Waals surface area contributed by atoms with Crippen LogP contribution >= 0.6 is 0 Å². The third kappa shape index (κ3) is 3.03. The quantitative estimate of drug-likeness (QED) is 0.818. The lowest BCUT2D eigenvalue weighted by molar-refractivity contribution is 0.0387. The monoisotopic (exact) mass is 342 g/mol. The standard InChI is InChI=1S/C20H22O5/c1-11-12(2)20(14-6-8-16(22)18(10-14)24-4)25-19(11)13-5-7-15(21)17(9-13)23-3/h5-10,12,19-22H,1H2,2-4H3/t12-,19+,20+/m1/s1. The Hall–Kier alpha value is -2.66. The Labute approximate surface area is 147 Å². The molecule has 25 heavy (non-hydrogen) atoms. The fourth-order valence-corrected chi connectivity index (χ4v) is 3.17. The first-order valence-corrected chi connectivity index (χ1v) is 8.04. The van der Waals surface area contributed by atoms with Gasteiger partial charge in [0.1, 0.15) is 6.10 Å². The van der Waals surface area contributed by atoms with E-state index in [0.717, 1.165) is 16.7 Å². The molecular formula is C20H22O5. The van der Waals surface area contributed by atoms with Crippen LogP contribution in [0.15, 0.2) is 48.6 Å². The molecule has 132 valence electrons. The van der Waals surface area contributed by atoms with Crippen molar-refractivity contribution >= 4 is 0 Å². The zero-order valence-electron chi connectivity index (χ0n) is 14.5. The summed E-state index contributed by atoms with van der Waals surface area (Å²) in [6, 6.07) is 10.4. The Morgan fingerprint density at radius 2 is 1.44 bits per heavy atom. The number of benzene rings is 2. The Balaban J connectivity index is 1.92. The minimum Gasteiger partial charge on any atom is -0.504 e. The van der Waals surface area contributed by atoms with Crippen molar-refractivity contribution in [2.45, 2.75) is 19.1 Å². The van der Waals surface area contributed by atoms with Gasteiger partial charge in [0.25, 0.3) is 0 Å². The summed E-state index contributed by atoms with van der Waals surface area (Å²) < 4.78 is 16.6. The van der Waals surface area contributed by atoms with Gasteiger partial charge in [-0.3, -0.25) is 0 Å². The number of methoxy groups -OCH3 is 2. The third-order valence-corrected chi connectivity index (χ3v) is 4.70. The summed E-state index contributed by atoms with van der Waals surface area (Å²) in [4.78, 5) is 0. The number of aromatic hydroxyl groups is 2. The van der Waals surface area contributed by atoms with Gasteiger partial charge in [-0.25, -0.2) is 0 Å². The molecule has 0 amide bonds. The van der Waals surface area contributed by atoms with Crippen LogP contribution in [0.25, 0.3) is 0 Å². The maximum atomic E-state index is 9.79. The van der Waals surface area contributed by atoms with Crippen molar-refractivity contribution in [3.8, 4) is 23.0 Å². The SMILES string of the molecule is C=C1[C@@H](C)[C@@H](c2ccc(O)c(OC)c2)O[C@@H]1c1ccc(O)c(OC)c1. The van der Waals surface area contributed by atoms with E-state index in [4.69, 9.17) is 14.2 Å². The van der Waals surface area contributed by atoms with Crippen molar-refractivity contribution < 1.29 is 24.4 Å². The zero-order chi connectivity index (χ0) is 18.1. The second-order valence-corrected chi connectivity index (χ2v) is 6.16. The lowest BCUT2D eigenvalue weighted by atomic mass is 9.90. The highest BCUT2D eigenvalue weighted by Gasteiger charge is 2.38. The average molecular weight is 342 g/mol. The van der Waals surface area contributed by atoms with E-state index < -0.39 is 0 Å². The number of hydrogen-bond donors (Lipinski definition) is 2. The highest BCUT2D eigenvalue weighted by Crippen LogP contribution is 2.49. The molecule has 1 heterocycles. The lowest BCUT2D eigenvalue weighted by Gasteiger charge is -2.17. The maximum Gasteiger partial charge on any atom is 0.160 e. The second kappa shape index (κ2) is 6.69. The molecule has 0 radical (unpaired) electrons. The smallest absolute Gasteiger partial charge is 0.160 e. The summed E-state index contributed by atoms with van der Waals surface area (Å²) in [5, 5.41) is 19.6. The van der Waals surface area contributed by atoms with Crippen LogP contribution in [0.3, 0.4) is 0 Å². The maximum absolute atomic E-state index is 9.79. The molecular weight excluding hydrogens is 320 g/mol. The largest absolute Gasteiger partial charge is 0.504 e. The van der Waals surface area contributed by atoms with Crippen LogP contribution < -0.4 is 9.47 Å². The van der Waals surface area contributed by atoms with Gasteiger partial charge in [-0.1, -0.05) is 25.6 Å². The number of ether oxygens (including phenoxy) is 3. The summed E-state index contributed by atoms with van der Waals surface area (Å²) in [7, 11) is 3.03. The van der Waals surface area contributed by atoms with Gasteiger partial charge in [0.05, 0.1) is 20.3 Å². The first-order chi connectivity index (χ1) is 12.0. The van der Waals surface area contributed by atoms with Crippen LogP contribution in [0.1, 0.15) is 30.3 Å². The average Bonchev–Trinajstić information content (AvgIpc) is 2.91. The van der Waals surface area contributed by atoms with E-state index in [9.17, 15) is 10.2 Å². The van der Waals surface area contributed by atoms with Gasteiger partial charge < -0.3 is 24.4 Å². The van der Waals surface area contributed by atoms with E-state index in [2.05, 4.69) is 13.5 Å².